The van der Waals surface area contributed by atoms with Crippen LogP contribution in [0.15, 0.2) is 42.7 Å². The number of benzene rings is 1. The van der Waals surface area contributed by atoms with Crippen molar-refractivity contribution in [1.29, 1.82) is 0 Å². The second-order valence-corrected chi connectivity index (χ2v) is 11.1. The van der Waals surface area contributed by atoms with Gasteiger partial charge in [0.25, 0.3) is 5.91 Å². The minimum Gasteiger partial charge on any atom is -0.469 e. The Labute approximate surface area is 237 Å². The van der Waals surface area contributed by atoms with Gasteiger partial charge in [-0.25, -0.2) is 14.2 Å². The molecule has 0 spiro atoms. The van der Waals surface area contributed by atoms with E-state index in [1.54, 1.807) is 35.5 Å². The average molecular weight is 562 g/mol. The number of hydrogen-bond donors (Lipinski definition) is 2. The summed E-state index contributed by atoms with van der Waals surface area (Å²) in [5, 5.41) is 5.30. The lowest BCUT2D eigenvalue weighted by molar-refractivity contribution is 0.0297. The zero-order valence-electron chi connectivity index (χ0n) is 23.2. The van der Waals surface area contributed by atoms with E-state index < -0.39 is 17.4 Å². The molecule has 2 bridgehead atoms. The minimum atomic E-state index is -0.724. The number of nitrogens with one attached hydrogen (secondary N) is 2. The molecule has 0 saturated carbocycles. The summed E-state index contributed by atoms with van der Waals surface area (Å²) in [5.74, 6) is -0.478. The quantitative estimate of drug-likeness (QED) is 0.472. The molecule has 2 fully saturated rings. The molecule has 3 aliphatic rings. The summed E-state index contributed by atoms with van der Waals surface area (Å²) in [5.41, 5.74) is 0.431. The maximum Gasteiger partial charge on any atom is 0.323 e. The molecule has 2 unspecified atom stereocenters. The van der Waals surface area contributed by atoms with Gasteiger partial charge >= 0.3 is 6.03 Å². The molecule has 5 heterocycles. The third-order valence-electron chi connectivity index (χ3n) is 7.44. The van der Waals surface area contributed by atoms with E-state index in [1.165, 1.54) is 12.1 Å². The predicted octanol–water partition coefficient (Wildman–Crippen LogP) is 4.32. The van der Waals surface area contributed by atoms with Crippen molar-refractivity contribution in [1.82, 2.24) is 19.9 Å². The molecular formula is C29H32FN7O4. The first-order valence-corrected chi connectivity index (χ1v) is 13.8. The lowest BCUT2D eigenvalue weighted by Gasteiger charge is -2.33. The fourth-order valence-corrected chi connectivity index (χ4v) is 5.56. The first-order valence-electron chi connectivity index (χ1n) is 13.8. The average Bonchev–Trinajstić information content (AvgIpc) is 3.23. The highest BCUT2D eigenvalue weighted by Crippen LogP contribution is 2.38. The van der Waals surface area contributed by atoms with Gasteiger partial charge in [-0.2, -0.15) is 4.98 Å². The van der Waals surface area contributed by atoms with Crippen LogP contribution in [-0.2, 0) is 4.74 Å². The van der Waals surface area contributed by atoms with Gasteiger partial charge in [0.2, 0.25) is 11.8 Å². The summed E-state index contributed by atoms with van der Waals surface area (Å²) in [4.78, 5) is 43.3. The number of amides is 3. The Balaban J connectivity index is 1.39. The Morgan fingerprint density at radius 3 is 2.46 bits per heavy atom. The smallest absolute Gasteiger partial charge is 0.323 e. The monoisotopic (exact) mass is 561 g/mol. The van der Waals surface area contributed by atoms with E-state index in [1.807, 2.05) is 25.7 Å². The molecule has 11 nitrogen and oxygen atoms in total. The van der Waals surface area contributed by atoms with E-state index in [0.29, 0.717) is 37.8 Å². The Hall–Kier alpha value is -4.32. The molecule has 3 aliphatic heterocycles. The van der Waals surface area contributed by atoms with E-state index in [4.69, 9.17) is 19.4 Å². The van der Waals surface area contributed by atoms with E-state index in [2.05, 4.69) is 15.6 Å². The van der Waals surface area contributed by atoms with Gasteiger partial charge in [0.15, 0.2) is 0 Å². The molecule has 2 N–H and O–H groups in total. The second kappa shape index (κ2) is 10.6. The van der Waals surface area contributed by atoms with Crippen molar-refractivity contribution >= 4 is 29.3 Å². The van der Waals surface area contributed by atoms with Gasteiger partial charge in [-0.15, -0.1) is 0 Å². The number of aromatic nitrogens is 3. The van der Waals surface area contributed by atoms with Crippen LogP contribution in [0.1, 0.15) is 44.0 Å². The van der Waals surface area contributed by atoms with Crippen LogP contribution in [0.3, 0.4) is 0 Å². The standard InChI is InChI=1S/C29H32FN7O4/c1-4-36-16-29(2,3)41-25-23(26(36)38)24(34-27(35-25)37-14-19-6-7-20(15-37)40-19)21-8-5-18(13-22(21)30)33-28(39)32-17-9-11-31-12-10-17/h5,8-13,19-20H,4,6-7,14-16H2,1-3H3,(H2,31,32,33,39). The van der Waals surface area contributed by atoms with Crippen molar-refractivity contribution in [2.45, 2.75) is 51.4 Å². The van der Waals surface area contributed by atoms with Crippen molar-refractivity contribution in [3.63, 3.8) is 0 Å². The fourth-order valence-electron chi connectivity index (χ4n) is 5.56. The van der Waals surface area contributed by atoms with Crippen molar-refractivity contribution in [2.24, 2.45) is 0 Å². The summed E-state index contributed by atoms with van der Waals surface area (Å²) in [6.07, 6.45) is 5.19. The van der Waals surface area contributed by atoms with Gasteiger partial charge < -0.3 is 29.9 Å². The topological polar surface area (TPSA) is 122 Å². The Morgan fingerprint density at radius 1 is 1.07 bits per heavy atom. The van der Waals surface area contributed by atoms with Crippen LogP contribution < -0.4 is 20.3 Å². The molecule has 2 saturated heterocycles. The first kappa shape index (κ1) is 26.9. The first-order chi connectivity index (χ1) is 19.7. The molecule has 41 heavy (non-hydrogen) atoms. The summed E-state index contributed by atoms with van der Waals surface area (Å²) in [7, 11) is 0. The van der Waals surface area contributed by atoms with Gasteiger partial charge in [0, 0.05) is 49.0 Å². The number of halogens is 1. The number of rotatable bonds is 5. The number of ether oxygens (including phenoxy) is 2. The van der Waals surface area contributed by atoms with Gasteiger partial charge in [0.1, 0.15) is 17.0 Å². The van der Waals surface area contributed by atoms with Crippen LogP contribution in [0.2, 0.25) is 0 Å². The third kappa shape index (κ3) is 5.51. The van der Waals surface area contributed by atoms with E-state index in [-0.39, 0.29) is 46.5 Å². The molecule has 2 aromatic heterocycles. The Kier molecular flexibility index (Phi) is 6.94. The molecule has 0 radical (unpaired) electrons. The van der Waals surface area contributed by atoms with Crippen LogP contribution in [0, 0.1) is 5.82 Å². The van der Waals surface area contributed by atoms with Crippen LogP contribution in [0.4, 0.5) is 26.5 Å². The molecule has 2 atom stereocenters. The van der Waals surface area contributed by atoms with Gasteiger partial charge in [-0.1, -0.05) is 0 Å². The summed E-state index contributed by atoms with van der Waals surface area (Å²) in [6.45, 7) is 7.66. The highest BCUT2D eigenvalue weighted by atomic mass is 19.1. The van der Waals surface area contributed by atoms with E-state index in [0.717, 1.165) is 12.8 Å². The van der Waals surface area contributed by atoms with E-state index >= 15 is 4.39 Å². The van der Waals surface area contributed by atoms with Crippen molar-refractivity contribution in [3.8, 4) is 17.1 Å². The molecule has 3 amide bonds. The number of urea groups is 1. The molecule has 6 rings (SSSR count). The van der Waals surface area contributed by atoms with Crippen molar-refractivity contribution < 1.29 is 23.5 Å². The number of likely N-dealkylation sites (N-methyl/N-ethyl adjacent to an activating group) is 1. The summed E-state index contributed by atoms with van der Waals surface area (Å²) < 4.78 is 28.1. The number of carbonyl (C=O) groups is 2. The number of hydrogen-bond acceptors (Lipinski definition) is 8. The summed E-state index contributed by atoms with van der Waals surface area (Å²) in [6, 6.07) is 7.02. The third-order valence-corrected chi connectivity index (χ3v) is 7.44. The van der Waals surface area contributed by atoms with Crippen LogP contribution in [-0.4, -0.2) is 75.8 Å². The highest BCUT2D eigenvalue weighted by Gasteiger charge is 2.40. The molecule has 214 valence electrons. The van der Waals surface area contributed by atoms with Crippen LogP contribution >= 0.6 is 0 Å². The largest absolute Gasteiger partial charge is 0.469 e. The zero-order chi connectivity index (χ0) is 28.7. The number of anilines is 3. The number of morpholine rings is 1. The SMILES string of the molecule is CCN1CC(C)(C)Oc2nc(N3CC4CCC(C3)O4)nc(-c3ccc(NC(=O)Nc4ccncc4)cc3F)c2C1=O. The van der Waals surface area contributed by atoms with Crippen LogP contribution in [0.25, 0.3) is 11.3 Å². The van der Waals surface area contributed by atoms with Crippen molar-refractivity contribution in [3.05, 3.63) is 54.1 Å². The predicted molar refractivity (Wildman–Crippen MR) is 151 cm³/mol. The number of fused-ring (bicyclic) bond motifs is 3. The molecule has 1 aromatic carbocycles. The zero-order valence-corrected chi connectivity index (χ0v) is 23.2. The maximum absolute atomic E-state index is 15.8. The highest BCUT2D eigenvalue weighted by molar-refractivity contribution is 6.03. The Morgan fingerprint density at radius 2 is 1.78 bits per heavy atom. The lowest BCUT2D eigenvalue weighted by Crippen LogP contribution is -2.43. The van der Waals surface area contributed by atoms with Gasteiger partial charge in [0.05, 0.1) is 24.4 Å². The van der Waals surface area contributed by atoms with Crippen LogP contribution in [0.5, 0.6) is 5.88 Å². The summed E-state index contributed by atoms with van der Waals surface area (Å²) >= 11 is 0. The maximum atomic E-state index is 15.8. The van der Waals surface area contributed by atoms with Gasteiger partial charge in [-0.05, 0) is 63.9 Å². The van der Waals surface area contributed by atoms with Crippen molar-refractivity contribution in [2.75, 3.05) is 41.7 Å². The second-order valence-electron chi connectivity index (χ2n) is 11.1. The van der Waals surface area contributed by atoms with E-state index in [9.17, 15) is 9.59 Å². The fraction of sp³-hybridized carbons (Fsp3) is 0.414. The minimum absolute atomic E-state index is 0.0783. The molecule has 12 heteroatoms. The lowest BCUT2D eigenvalue weighted by atomic mass is 10.0. The normalized spacial score (nSPS) is 21.1. The van der Waals surface area contributed by atoms with Gasteiger partial charge in [-0.3, -0.25) is 9.78 Å². The number of pyridine rings is 1. The molecule has 3 aromatic rings. The molecule has 0 aliphatic carbocycles. The molecular weight excluding hydrogens is 529 g/mol. The Bertz CT molecular complexity index is 1470. The number of carbonyl (C=O) groups excluding carboxylic acids is 2. The number of nitrogens with zero attached hydrogens (tertiary/aromatic N) is 5.